The lowest BCUT2D eigenvalue weighted by Crippen LogP contribution is -2.39. The zero-order chi connectivity index (χ0) is 12.2. The van der Waals surface area contributed by atoms with Gasteiger partial charge in [0, 0.05) is 6.04 Å². The molecule has 0 saturated heterocycles. The Kier molecular flexibility index (Phi) is 4.69. The smallest absolute Gasteiger partial charge is 0.0972 e. The topological polar surface area (TPSA) is 29.1 Å². The minimum absolute atomic E-state index is 0.203. The third-order valence-corrected chi connectivity index (χ3v) is 3.98. The molecular formula is C13H21NOS. The maximum atomic E-state index is 11.9. The molecule has 0 heterocycles. The van der Waals surface area contributed by atoms with Gasteiger partial charge in [0.2, 0.25) is 0 Å². The van der Waals surface area contributed by atoms with Gasteiger partial charge >= 0.3 is 0 Å². The summed E-state index contributed by atoms with van der Waals surface area (Å²) in [6.45, 7) is 8.00. The Labute approximate surface area is 101 Å². The monoisotopic (exact) mass is 239 g/mol. The van der Waals surface area contributed by atoms with Crippen LogP contribution in [-0.2, 0) is 17.4 Å². The molecule has 0 aromatic heterocycles. The quantitative estimate of drug-likeness (QED) is 0.860. The fourth-order valence-electron chi connectivity index (χ4n) is 1.37. The Bertz CT molecular complexity index is 343. The minimum Gasteiger partial charge on any atom is -0.242 e. The molecule has 0 spiro atoms. The van der Waals surface area contributed by atoms with Crippen molar-refractivity contribution in [3.05, 3.63) is 35.9 Å². The van der Waals surface area contributed by atoms with E-state index in [4.69, 9.17) is 0 Å². The Morgan fingerprint density at radius 2 is 1.81 bits per heavy atom. The third kappa shape index (κ3) is 4.45. The fraction of sp³-hybridized carbons (Fsp3) is 0.538. The van der Waals surface area contributed by atoms with Crippen LogP contribution in [0.1, 0.15) is 33.3 Å². The molecule has 1 aromatic rings. The van der Waals surface area contributed by atoms with E-state index >= 15 is 0 Å². The summed E-state index contributed by atoms with van der Waals surface area (Å²) in [5.41, 5.74) is 1.27. The first-order valence-corrected chi connectivity index (χ1v) is 6.76. The maximum absolute atomic E-state index is 11.9. The SMILES string of the molecule is C[C@H](Cc1ccccc1)N[S@](=O)C(C)(C)C. The van der Waals surface area contributed by atoms with E-state index in [0.717, 1.165) is 6.42 Å². The molecule has 2 atom stereocenters. The minimum atomic E-state index is -0.991. The summed E-state index contributed by atoms with van der Waals surface area (Å²) in [5.74, 6) is 0. The van der Waals surface area contributed by atoms with Gasteiger partial charge in [-0.3, -0.25) is 0 Å². The van der Waals surface area contributed by atoms with Gasteiger partial charge in [-0.25, -0.2) is 8.93 Å². The molecule has 0 unspecified atom stereocenters. The summed E-state index contributed by atoms with van der Waals surface area (Å²) in [6, 6.07) is 10.5. The van der Waals surface area contributed by atoms with E-state index < -0.39 is 11.0 Å². The molecule has 0 amide bonds. The van der Waals surface area contributed by atoms with E-state index in [9.17, 15) is 4.21 Å². The molecule has 0 bridgehead atoms. The van der Waals surface area contributed by atoms with Gasteiger partial charge in [0.1, 0.15) is 0 Å². The first kappa shape index (κ1) is 13.4. The van der Waals surface area contributed by atoms with Gasteiger partial charge in [-0.2, -0.15) is 0 Å². The highest BCUT2D eigenvalue weighted by molar-refractivity contribution is 7.84. The van der Waals surface area contributed by atoms with Crippen molar-refractivity contribution < 1.29 is 4.21 Å². The molecule has 90 valence electrons. The molecule has 2 nitrogen and oxygen atoms in total. The zero-order valence-electron chi connectivity index (χ0n) is 10.5. The van der Waals surface area contributed by atoms with Crippen LogP contribution in [0.5, 0.6) is 0 Å². The standard InChI is InChI=1S/C13H21NOS/c1-11(14-16(15)13(2,3)4)10-12-8-6-5-7-9-12/h5-9,11,14H,10H2,1-4H3/t11-,16-/m1/s1. The first-order chi connectivity index (χ1) is 7.39. The largest absolute Gasteiger partial charge is 0.242 e. The summed E-state index contributed by atoms with van der Waals surface area (Å²) in [4.78, 5) is 0. The van der Waals surface area contributed by atoms with E-state index in [-0.39, 0.29) is 10.8 Å². The summed E-state index contributed by atoms with van der Waals surface area (Å²) in [7, 11) is -0.991. The van der Waals surface area contributed by atoms with Crippen molar-refractivity contribution in [3.63, 3.8) is 0 Å². The van der Waals surface area contributed by atoms with Gasteiger partial charge in [-0.15, -0.1) is 0 Å². The molecule has 0 fully saturated rings. The number of rotatable bonds is 4. The Hall–Kier alpha value is -0.670. The summed E-state index contributed by atoms with van der Waals surface area (Å²) in [6.07, 6.45) is 0.905. The second-order valence-electron chi connectivity index (χ2n) is 5.09. The van der Waals surface area contributed by atoms with E-state index in [0.29, 0.717) is 0 Å². The molecule has 0 aliphatic carbocycles. The predicted molar refractivity (Wildman–Crippen MR) is 70.6 cm³/mol. The Balaban J connectivity index is 2.49. The van der Waals surface area contributed by atoms with Crippen LogP contribution in [0.25, 0.3) is 0 Å². The maximum Gasteiger partial charge on any atom is 0.0972 e. The highest BCUT2D eigenvalue weighted by Gasteiger charge is 2.20. The van der Waals surface area contributed by atoms with Crippen molar-refractivity contribution in [3.8, 4) is 0 Å². The van der Waals surface area contributed by atoms with Crippen LogP contribution in [-0.4, -0.2) is 15.0 Å². The van der Waals surface area contributed by atoms with Crippen LogP contribution in [0.2, 0.25) is 0 Å². The molecule has 0 aliphatic rings. The zero-order valence-corrected chi connectivity index (χ0v) is 11.3. The van der Waals surface area contributed by atoms with Gasteiger partial charge in [-0.1, -0.05) is 30.3 Å². The van der Waals surface area contributed by atoms with E-state index in [1.54, 1.807) is 0 Å². The number of benzene rings is 1. The van der Waals surface area contributed by atoms with Crippen molar-refractivity contribution in [2.75, 3.05) is 0 Å². The first-order valence-electron chi connectivity index (χ1n) is 5.61. The second kappa shape index (κ2) is 5.60. The highest BCUT2D eigenvalue weighted by Crippen LogP contribution is 2.10. The van der Waals surface area contributed by atoms with Crippen molar-refractivity contribution in [1.29, 1.82) is 0 Å². The molecule has 1 N–H and O–H groups in total. The second-order valence-corrected chi connectivity index (χ2v) is 7.09. The lowest BCUT2D eigenvalue weighted by Gasteiger charge is -2.21. The van der Waals surface area contributed by atoms with Crippen LogP contribution in [0, 0.1) is 0 Å². The van der Waals surface area contributed by atoms with Gasteiger partial charge in [0.25, 0.3) is 0 Å². The molecule has 3 heteroatoms. The van der Waals surface area contributed by atoms with Crippen LogP contribution < -0.4 is 4.72 Å². The van der Waals surface area contributed by atoms with E-state index in [1.807, 2.05) is 39.0 Å². The van der Waals surface area contributed by atoms with Crippen molar-refractivity contribution in [1.82, 2.24) is 4.72 Å². The number of hydrogen-bond acceptors (Lipinski definition) is 1. The third-order valence-electron chi connectivity index (χ3n) is 2.25. The average molecular weight is 239 g/mol. The van der Waals surface area contributed by atoms with Crippen LogP contribution >= 0.6 is 0 Å². The molecule has 0 radical (unpaired) electrons. The number of nitrogens with one attached hydrogen (secondary N) is 1. The molecule has 0 aliphatic heterocycles. The molecule has 0 saturated carbocycles. The normalized spacial score (nSPS) is 15.8. The predicted octanol–water partition coefficient (Wildman–Crippen LogP) is 2.67. The van der Waals surface area contributed by atoms with E-state index in [1.165, 1.54) is 5.56 Å². The van der Waals surface area contributed by atoms with Crippen molar-refractivity contribution in [2.45, 2.75) is 44.9 Å². The summed E-state index contributed by atoms with van der Waals surface area (Å²) < 4.78 is 14.8. The van der Waals surface area contributed by atoms with Crippen LogP contribution in [0.15, 0.2) is 30.3 Å². The highest BCUT2D eigenvalue weighted by atomic mass is 32.2. The van der Waals surface area contributed by atoms with Crippen molar-refractivity contribution >= 4 is 11.0 Å². The molecule has 1 aromatic carbocycles. The number of hydrogen-bond donors (Lipinski definition) is 1. The Morgan fingerprint density at radius 3 is 2.31 bits per heavy atom. The fourth-order valence-corrected chi connectivity index (χ4v) is 2.17. The van der Waals surface area contributed by atoms with Crippen LogP contribution in [0.3, 0.4) is 0 Å². The van der Waals surface area contributed by atoms with Crippen LogP contribution in [0.4, 0.5) is 0 Å². The Morgan fingerprint density at radius 1 is 1.25 bits per heavy atom. The summed E-state index contributed by atoms with van der Waals surface area (Å²) in [5, 5.41) is 0. The summed E-state index contributed by atoms with van der Waals surface area (Å²) >= 11 is 0. The van der Waals surface area contributed by atoms with Gasteiger partial charge in [0.05, 0.1) is 15.7 Å². The average Bonchev–Trinajstić information content (AvgIpc) is 2.17. The molecule has 16 heavy (non-hydrogen) atoms. The van der Waals surface area contributed by atoms with Crippen molar-refractivity contribution in [2.24, 2.45) is 0 Å². The molecule has 1 rings (SSSR count). The van der Waals surface area contributed by atoms with Gasteiger partial charge < -0.3 is 0 Å². The molecular weight excluding hydrogens is 218 g/mol. The lowest BCUT2D eigenvalue weighted by atomic mass is 10.1. The van der Waals surface area contributed by atoms with E-state index in [2.05, 4.69) is 23.8 Å². The van der Waals surface area contributed by atoms with Gasteiger partial charge in [-0.05, 0) is 39.7 Å². The van der Waals surface area contributed by atoms with Gasteiger partial charge in [0.15, 0.2) is 0 Å². The lowest BCUT2D eigenvalue weighted by molar-refractivity contribution is 0.604.